The summed E-state index contributed by atoms with van der Waals surface area (Å²) >= 11 is 0. The van der Waals surface area contributed by atoms with Gasteiger partial charge in [0, 0.05) is 6.42 Å². The molecule has 0 radical (unpaired) electrons. The Balaban J connectivity index is 0.000000351. The quantitative estimate of drug-likeness (QED) is 0.635. The number of nitrogens with one attached hydrogen (secondary N) is 1. The van der Waals surface area contributed by atoms with Crippen molar-refractivity contribution in [3.8, 4) is 0 Å². The molecular weight excluding hydrogens is 247 g/mol. The van der Waals surface area contributed by atoms with Gasteiger partial charge in [-0.3, -0.25) is 9.88 Å². The number of hydrogen-bond acceptors (Lipinski definition) is 3. The van der Waals surface area contributed by atoms with E-state index in [2.05, 4.69) is 33.5 Å². The van der Waals surface area contributed by atoms with Crippen LogP contribution in [0.1, 0.15) is 25.8 Å². The van der Waals surface area contributed by atoms with Crippen molar-refractivity contribution in [1.29, 1.82) is 0 Å². The van der Waals surface area contributed by atoms with Crippen molar-refractivity contribution < 1.29 is 9.53 Å². The molecule has 0 aliphatic heterocycles. The minimum atomic E-state index is -0.417. The van der Waals surface area contributed by atoms with Crippen LogP contribution in [0, 0.1) is 6.92 Å². The molecule has 0 saturated carbocycles. The summed E-state index contributed by atoms with van der Waals surface area (Å²) in [4.78, 5) is 10.3. The SMILES string of the molecule is CC(C)(NP)OCCC(N)=O.Cc1ccccc1. The summed E-state index contributed by atoms with van der Waals surface area (Å²) in [6.45, 7) is 6.16. The van der Waals surface area contributed by atoms with E-state index in [1.807, 2.05) is 32.0 Å². The third-order valence-electron chi connectivity index (χ3n) is 2.10. The van der Waals surface area contributed by atoms with E-state index >= 15 is 0 Å². The van der Waals surface area contributed by atoms with E-state index in [0.717, 1.165) is 0 Å². The van der Waals surface area contributed by atoms with Crippen molar-refractivity contribution >= 4 is 15.3 Å². The van der Waals surface area contributed by atoms with Gasteiger partial charge in [0.1, 0.15) is 5.72 Å². The summed E-state index contributed by atoms with van der Waals surface area (Å²) in [5, 5.41) is 2.86. The fourth-order valence-corrected chi connectivity index (χ4v) is 1.07. The molecule has 1 aromatic rings. The molecule has 0 heterocycles. The van der Waals surface area contributed by atoms with Gasteiger partial charge in [-0.15, -0.1) is 0 Å². The molecule has 1 amide bonds. The zero-order valence-corrected chi connectivity index (χ0v) is 12.4. The average molecular weight is 270 g/mol. The standard InChI is InChI=1S/C7H8.C6H15N2O2P/c1-7-5-3-2-4-6-7;1-6(2,8-11)10-4-3-5(7)9/h2-6H,1H3;8H,3-4,11H2,1-2H3,(H2,7,9). The summed E-state index contributed by atoms with van der Waals surface area (Å²) in [5.74, 6) is -0.343. The smallest absolute Gasteiger partial charge is 0.219 e. The largest absolute Gasteiger partial charge is 0.370 e. The molecule has 1 rings (SSSR count). The predicted octanol–water partition coefficient (Wildman–Crippen LogP) is 1.99. The minimum absolute atomic E-state index is 0.260. The Morgan fingerprint density at radius 2 is 1.94 bits per heavy atom. The lowest BCUT2D eigenvalue weighted by Gasteiger charge is -2.23. The van der Waals surface area contributed by atoms with Gasteiger partial charge in [0.25, 0.3) is 0 Å². The van der Waals surface area contributed by atoms with Crippen molar-refractivity contribution in [1.82, 2.24) is 5.09 Å². The van der Waals surface area contributed by atoms with Crippen molar-refractivity contribution in [2.75, 3.05) is 6.61 Å². The Morgan fingerprint density at radius 3 is 2.28 bits per heavy atom. The maximum atomic E-state index is 10.3. The van der Waals surface area contributed by atoms with E-state index in [9.17, 15) is 4.79 Å². The van der Waals surface area contributed by atoms with Crippen LogP contribution in [0.2, 0.25) is 0 Å². The number of ether oxygens (including phenoxy) is 1. The number of carbonyl (C=O) groups is 1. The van der Waals surface area contributed by atoms with Crippen LogP contribution in [0.5, 0.6) is 0 Å². The summed E-state index contributed by atoms with van der Waals surface area (Å²) < 4.78 is 5.26. The van der Waals surface area contributed by atoms with E-state index in [4.69, 9.17) is 10.5 Å². The Bertz CT molecular complexity index is 342. The van der Waals surface area contributed by atoms with E-state index in [0.29, 0.717) is 6.61 Å². The first-order chi connectivity index (χ1) is 8.37. The van der Waals surface area contributed by atoms with Gasteiger partial charge in [-0.2, -0.15) is 0 Å². The zero-order chi connectivity index (χ0) is 14.0. The second-order valence-electron chi connectivity index (χ2n) is 4.37. The van der Waals surface area contributed by atoms with Crippen LogP contribution in [-0.2, 0) is 9.53 Å². The molecule has 0 aliphatic carbocycles. The molecule has 0 aromatic heterocycles. The van der Waals surface area contributed by atoms with E-state index in [-0.39, 0.29) is 12.3 Å². The van der Waals surface area contributed by atoms with Gasteiger partial charge in [0.2, 0.25) is 5.91 Å². The van der Waals surface area contributed by atoms with Crippen LogP contribution in [0.4, 0.5) is 0 Å². The lowest BCUT2D eigenvalue weighted by molar-refractivity contribution is -0.120. The normalized spacial score (nSPS) is 10.4. The van der Waals surface area contributed by atoms with E-state index < -0.39 is 5.72 Å². The van der Waals surface area contributed by atoms with Crippen LogP contribution in [0.25, 0.3) is 0 Å². The van der Waals surface area contributed by atoms with Crippen LogP contribution < -0.4 is 10.8 Å². The highest BCUT2D eigenvalue weighted by Crippen LogP contribution is 2.06. The monoisotopic (exact) mass is 270 g/mol. The van der Waals surface area contributed by atoms with Gasteiger partial charge in [-0.1, -0.05) is 45.3 Å². The number of amides is 1. The topological polar surface area (TPSA) is 64.3 Å². The lowest BCUT2D eigenvalue weighted by Crippen LogP contribution is -2.36. The molecule has 0 saturated heterocycles. The molecule has 1 aromatic carbocycles. The summed E-state index contributed by atoms with van der Waals surface area (Å²) in [5.41, 5.74) is 5.82. The number of nitrogens with two attached hydrogens (primary N) is 1. The number of carbonyl (C=O) groups excluding carboxylic acids is 1. The first-order valence-corrected chi connectivity index (χ1v) is 6.37. The molecule has 5 heteroatoms. The highest BCUT2D eigenvalue weighted by molar-refractivity contribution is 7.13. The molecule has 0 spiro atoms. The van der Waals surface area contributed by atoms with Gasteiger partial charge in [-0.05, 0) is 20.8 Å². The van der Waals surface area contributed by atoms with Crippen molar-refractivity contribution in [3.63, 3.8) is 0 Å². The summed E-state index contributed by atoms with van der Waals surface area (Å²) in [7, 11) is 2.35. The first kappa shape index (κ1) is 17.0. The highest BCUT2D eigenvalue weighted by Gasteiger charge is 2.14. The van der Waals surface area contributed by atoms with Gasteiger partial charge in [0.05, 0.1) is 6.61 Å². The van der Waals surface area contributed by atoms with Crippen LogP contribution in [0.3, 0.4) is 0 Å². The predicted molar refractivity (Wildman–Crippen MR) is 77.9 cm³/mol. The molecule has 0 fully saturated rings. The second-order valence-corrected chi connectivity index (χ2v) is 4.66. The lowest BCUT2D eigenvalue weighted by atomic mass is 10.2. The van der Waals surface area contributed by atoms with Gasteiger partial charge in [0.15, 0.2) is 0 Å². The molecule has 4 nitrogen and oxygen atoms in total. The van der Waals surface area contributed by atoms with Crippen LogP contribution in [-0.4, -0.2) is 18.2 Å². The van der Waals surface area contributed by atoms with Gasteiger partial charge < -0.3 is 10.5 Å². The molecular formula is C13H23N2O2P. The van der Waals surface area contributed by atoms with Gasteiger partial charge in [-0.25, -0.2) is 0 Å². The Labute approximate surface area is 112 Å². The van der Waals surface area contributed by atoms with Crippen molar-refractivity contribution in [2.24, 2.45) is 5.73 Å². The molecule has 102 valence electrons. The number of hydrogen-bond donors (Lipinski definition) is 2. The summed E-state index contributed by atoms with van der Waals surface area (Å²) in [6, 6.07) is 10.3. The Morgan fingerprint density at radius 1 is 1.39 bits per heavy atom. The molecule has 3 N–H and O–H groups in total. The third-order valence-corrected chi connectivity index (χ3v) is 2.79. The molecule has 1 atom stereocenters. The Hall–Kier alpha value is -0.960. The number of rotatable bonds is 5. The highest BCUT2D eigenvalue weighted by atomic mass is 31.0. The number of aryl methyl sites for hydroxylation is 1. The van der Waals surface area contributed by atoms with Gasteiger partial charge >= 0.3 is 0 Å². The first-order valence-electron chi connectivity index (χ1n) is 5.79. The van der Waals surface area contributed by atoms with Crippen LogP contribution >= 0.6 is 9.39 Å². The molecule has 0 bridgehead atoms. The minimum Gasteiger partial charge on any atom is -0.370 e. The molecule has 0 aliphatic rings. The second kappa shape index (κ2) is 9.03. The maximum Gasteiger partial charge on any atom is 0.219 e. The average Bonchev–Trinajstić information content (AvgIpc) is 2.30. The number of benzene rings is 1. The van der Waals surface area contributed by atoms with Crippen molar-refractivity contribution in [2.45, 2.75) is 32.9 Å². The van der Waals surface area contributed by atoms with E-state index in [1.54, 1.807) is 0 Å². The maximum absolute atomic E-state index is 10.3. The Kier molecular flexibility index (Phi) is 8.55. The molecule has 18 heavy (non-hydrogen) atoms. The van der Waals surface area contributed by atoms with Crippen LogP contribution in [0.15, 0.2) is 30.3 Å². The zero-order valence-electron chi connectivity index (χ0n) is 11.3. The van der Waals surface area contributed by atoms with E-state index in [1.165, 1.54) is 5.56 Å². The summed E-state index contributed by atoms with van der Waals surface area (Å²) in [6.07, 6.45) is 0.260. The third kappa shape index (κ3) is 10.2. The van der Waals surface area contributed by atoms with Crippen molar-refractivity contribution in [3.05, 3.63) is 35.9 Å². The fraction of sp³-hybridized carbons (Fsp3) is 0.462. The number of primary amides is 1. The molecule has 1 unspecified atom stereocenters. The fourth-order valence-electron chi connectivity index (χ4n) is 0.983.